The van der Waals surface area contributed by atoms with E-state index in [2.05, 4.69) is 10.5 Å². The van der Waals surface area contributed by atoms with Gasteiger partial charge in [0.1, 0.15) is 5.69 Å². The Balaban J connectivity index is 1.83. The Morgan fingerprint density at radius 3 is 2.52 bits per heavy atom. The average molecular weight is 459 g/mol. The maximum atomic E-state index is 12.7. The van der Waals surface area contributed by atoms with Crippen LogP contribution in [0.5, 0.6) is 0 Å². The summed E-state index contributed by atoms with van der Waals surface area (Å²) in [5, 5.41) is 16.1. The molecule has 1 N–H and O–H groups in total. The third-order valence-corrected chi connectivity index (χ3v) is 6.75. The summed E-state index contributed by atoms with van der Waals surface area (Å²) in [6.45, 7) is 0.961. The molecule has 29 heavy (non-hydrogen) atoms. The number of anilines is 1. The van der Waals surface area contributed by atoms with Gasteiger partial charge in [-0.05, 0) is 29.8 Å². The summed E-state index contributed by atoms with van der Waals surface area (Å²) >= 11 is 11.8. The number of ether oxygens (including phenoxy) is 1. The lowest BCUT2D eigenvalue weighted by Crippen LogP contribution is -2.40. The van der Waals surface area contributed by atoms with Crippen molar-refractivity contribution in [1.29, 1.82) is 0 Å². The molecule has 1 fully saturated rings. The van der Waals surface area contributed by atoms with Crippen LogP contribution < -0.4 is 5.43 Å². The van der Waals surface area contributed by atoms with E-state index in [-0.39, 0.29) is 36.9 Å². The maximum Gasteiger partial charge on any atom is 0.295 e. The van der Waals surface area contributed by atoms with Gasteiger partial charge in [0.25, 0.3) is 5.69 Å². The van der Waals surface area contributed by atoms with Crippen LogP contribution in [-0.4, -0.2) is 50.2 Å². The highest BCUT2D eigenvalue weighted by molar-refractivity contribution is 7.89. The van der Waals surface area contributed by atoms with Crippen LogP contribution in [-0.2, 0) is 14.8 Å². The van der Waals surface area contributed by atoms with Crippen molar-refractivity contribution in [1.82, 2.24) is 4.31 Å². The second kappa shape index (κ2) is 9.06. The molecule has 3 rings (SSSR count). The lowest BCUT2D eigenvalue weighted by Gasteiger charge is -2.26. The summed E-state index contributed by atoms with van der Waals surface area (Å²) in [5.74, 6) is 0. The van der Waals surface area contributed by atoms with E-state index in [1.807, 2.05) is 0 Å². The molecule has 2 aromatic rings. The lowest BCUT2D eigenvalue weighted by molar-refractivity contribution is -0.384. The largest absolute Gasteiger partial charge is 0.379 e. The number of nitro groups is 1. The highest BCUT2D eigenvalue weighted by Crippen LogP contribution is 2.29. The number of sulfonamides is 1. The molecule has 0 bridgehead atoms. The van der Waals surface area contributed by atoms with Crippen molar-refractivity contribution in [2.45, 2.75) is 4.90 Å². The third-order valence-electron chi connectivity index (χ3n) is 4.12. The first-order valence-electron chi connectivity index (χ1n) is 8.39. The molecule has 1 aliphatic heterocycles. The van der Waals surface area contributed by atoms with Crippen LogP contribution >= 0.6 is 23.2 Å². The molecule has 0 unspecified atom stereocenters. The van der Waals surface area contributed by atoms with E-state index >= 15 is 0 Å². The molecule has 0 spiro atoms. The molecule has 154 valence electrons. The molecule has 1 heterocycles. The van der Waals surface area contributed by atoms with Crippen molar-refractivity contribution in [3.63, 3.8) is 0 Å². The van der Waals surface area contributed by atoms with Crippen LogP contribution in [0, 0.1) is 10.1 Å². The van der Waals surface area contributed by atoms with Crippen molar-refractivity contribution >= 4 is 50.8 Å². The Bertz CT molecular complexity index is 1060. The van der Waals surface area contributed by atoms with Gasteiger partial charge < -0.3 is 4.74 Å². The van der Waals surface area contributed by atoms with E-state index in [4.69, 9.17) is 27.9 Å². The van der Waals surface area contributed by atoms with Gasteiger partial charge in [0, 0.05) is 19.2 Å². The van der Waals surface area contributed by atoms with Crippen LogP contribution in [0.3, 0.4) is 0 Å². The Hall–Kier alpha value is -2.24. The van der Waals surface area contributed by atoms with Gasteiger partial charge in [-0.3, -0.25) is 15.5 Å². The molecule has 0 atom stereocenters. The number of nitro benzene ring substituents is 1. The lowest BCUT2D eigenvalue weighted by atomic mass is 10.2. The van der Waals surface area contributed by atoms with Crippen LogP contribution in [0.4, 0.5) is 11.4 Å². The van der Waals surface area contributed by atoms with Gasteiger partial charge in [-0.15, -0.1) is 0 Å². The minimum atomic E-state index is -3.85. The first-order chi connectivity index (χ1) is 13.8. The number of nitrogens with zero attached hydrogens (tertiary/aromatic N) is 3. The van der Waals surface area contributed by atoms with Gasteiger partial charge in [-0.1, -0.05) is 29.3 Å². The number of halogens is 2. The molecule has 0 amide bonds. The van der Waals surface area contributed by atoms with Crippen molar-refractivity contribution in [2.24, 2.45) is 5.10 Å². The monoisotopic (exact) mass is 458 g/mol. The van der Waals surface area contributed by atoms with Gasteiger partial charge in [-0.2, -0.15) is 9.41 Å². The van der Waals surface area contributed by atoms with E-state index in [0.29, 0.717) is 15.6 Å². The first kappa shape index (κ1) is 21.5. The average Bonchev–Trinajstić information content (AvgIpc) is 2.71. The van der Waals surface area contributed by atoms with Gasteiger partial charge in [-0.25, -0.2) is 8.42 Å². The zero-order valence-corrected chi connectivity index (χ0v) is 17.2. The minimum absolute atomic E-state index is 0.0484. The van der Waals surface area contributed by atoms with Gasteiger partial charge in [0.05, 0.1) is 39.3 Å². The Morgan fingerprint density at radius 2 is 1.86 bits per heavy atom. The zero-order chi connectivity index (χ0) is 21.0. The highest BCUT2D eigenvalue weighted by Gasteiger charge is 2.28. The summed E-state index contributed by atoms with van der Waals surface area (Å²) in [7, 11) is -3.85. The second-order valence-corrected chi connectivity index (χ2v) is 8.75. The predicted molar refractivity (Wildman–Crippen MR) is 110 cm³/mol. The van der Waals surface area contributed by atoms with E-state index in [0.717, 1.165) is 6.07 Å². The minimum Gasteiger partial charge on any atom is -0.379 e. The van der Waals surface area contributed by atoms with E-state index in [1.165, 1.54) is 22.7 Å². The molecule has 12 heteroatoms. The Labute approximate surface area is 177 Å². The van der Waals surface area contributed by atoms with E-state index < -0.39 is 20.6 Å². The standard InChI is InChI=1S/C17H16Cl2N4O5S/c18-14-3-1-12(9-15(14)19)11-20-21-16-4-2-13(10-17(16)23(24)25)29(26,27)22-5-7-28-8-6-22/h1-4,9-11,21H,5-8H2. The Kier molecular flexibility index (Phi) is 6.70. The Morgan fingerprint density at radius 1 is 1.14 bits per heavy atom. The number of morpholine rings is 1. The smallest absolute Gasteiger partial charge is 0.295 e. The summed E-state index contributed by atoms with van der Waals surface area (Å²) in [6.07, 6.45) is 1.41. The molecular weight excluding hydrogens is 443 g/mol. The number of rotatable bonds is 6. The topological polar surface area (TPSA) is 114 Å². The fourth-order valence-electron chi connectivity index (χ4n) is 2.62. The molecule has 0 aromatic heterocycles. The predicted octanol–water partition coefficient (Wildman–Crippen LogP) is 3.37. The normalized spacial score (nSPS) is 15.5. The number of benzene rings is 2. The van der Waals surface area contributed by atoms with Crippen LogP contribution in [0.1, 0.15) is 5.56 Å². The number of hydrogen-bond donors (Lipinski definition) is 1. The van der Waals surface area contributed by atoms with Gasteiger partial charge >= 0.3 is 0 Å². The van der Waals surface area contributed by atoms with Crippen LogP contribution in [0.2, 0.25) is 10.0 Å². The molecule has 1 saturated heterocycles. The summed E-state index contributed by atoms with van der Waals surface area (Å²) in [4.78, 5) is 10.6. The molecule has 2 aromatic carbocycles. The molecule has 0 radical (unpaired) electrons. The first-order valence-corrected chi connectivity index (χ1v) is 10.6. The molecule has 1 aliphatic rings. The van der Waals surface area contributed by atoms with Gasteiger partial charge in [0.2, 0.25) is 10.0 Å². The quantitative estimate of drug-likeness (QED) is 0.403. The number of hydrazone groups is 1. The SMILES string of the molecule is O=[N+]([O-])c1cc(S(=O)(=O)N2CCOCC2)ccc1NN=Cc1ccc(Cl)c(Cl)c1. The molecule has 9 nitrogen and oxygen atoms in total. The van der Waals surface area contributed by atoms with Crippen molar-refractivity contribution in [2.75, 3.05) is 31.7 Å². The fraction of sp³-hybridized carbons (Fsp3) is 0.235. The second-order valence-electron chi connectivity index (χ2n) is 6.00. The van der Waals surface area contributed by atoms with E-state index in [9.17, 15) is 18.5 Å². The molecule has 0 aliphatic carbocycles. The third kappa shape index (κ3) is 5.03. The number of nitrogens with one attached hydrogen (secondary N) is 1. The summed E-state index contributed by atoms with van der Waals surface area (Å²) in [6, 6.07) is 8.47. The van der Waals surface area contributed by atoms with Crippen molar-refractivity contribution in [3.05, 3.63) is 62.1 Å². The van der Waals surface area contributed by atoms with Crippen molar-refractivity contribution in [3.8, 4) is 0 Å². The highest BCUT2D eigenvalue weighted by atomic mass is 35.5. The zero-order valence-electron chi connectivity index (χ0n) is 14.9. The summed E-state index contributed by atoms with van der Waals surface area (Å²) in [5.41, 5.74) is 2.82. The van der Waals surface area contributed by atoms with Crippen LogP contribution in [0.15, 0.2) is 46.4 Å². The number of hydrogen-bond acceptors (Lipinski definition) is 7. The van der Waals surface area contributed by atoms with Crippen molar-refractivity contribution < 1.29 is 18.1 Å². The molecular formula is C17H16Cl2N4O5S. The summed E-state index contributed by atoms with van der Waals surface area (Å²) < 4.78 is 31.8. The van der Waals surface area contributed by atoms with Gasteiger partial charge in [0.15, 0.2) is 0 Å². The fourth-order valence-corrected chi connectivity index (χ4v) is 4.36. The van der Waals surface area contributed by atoms with E-state index in [1.54, 1.807) is 18.2 Å². The maximum absolute atomic E-state index is 12.7. The molecule has 0 saturated carbocycles. The van der Waals surface area contributed by atoms with Crippen LogP contribution in [0.25, 0.3) is 0 Å².